The number of methoxy groups -OCH3 is 1. The van der Waals surface area contributed by atoms with Crippen LogP contribution in [-0.2, 0) is 0 Å². The summed E-state index contributed by atoms with van der Waals surface area (Å²) in [6.45, 7) is 0. The molecular formula is C18H14N6O2S2. The lowest BCUT2D eigenvalue weighted by Gasteiger charge is -2.12. The summed E-state index contributed by atoms with van der Waals surface area (Å²) in [6, 6.07) is 14.5. The molecule has 0 bridgehead atoms. The lowest BCUT2D eigenvalue weighted by molar-refractivity contribution is 0.0975. The highest BCUT2D eigenvalue weighted by molar-refractivity contribution is 7.80. The first kappa shape index (κ1) is 18.0. The van der Waals surface area contributed by atoms with E-state index in [1.54, 1.807) is 35.1 Å². The first-order valence-electron chi connectivity index (χ1n) is 8.16. The lowest BCUT2D eigenvalue weighted by atomic mass is 10.2. The van der Waals surface area contributed by atoms with Gasteiger partial charge in [0.15, 0.2) is 5.11 Å². The van der Waals surface area contributed by atoms with Crippen molar-refractivity contribution in [3.63, 3.8) is 0 Å². The Balaban J connectivity index is 1.47. The zero-order valence-corrected chi connectivity index (χ0v) is 16.3. The molecule has 2 heterocycles. The molecule has 4 aromatic rings. The summed E-state index contributed by atoms with van der Waals surface area (Å²) in [6.07, 6.45) is 1.56. The van der Waals surface area contributed by atoms with E-state index in [0.717, 1.165) is 16.3 Å². The molecule has 4 rings (SSSR count). The number of benzene rings is 2. The van der Waals surface area contributed by atoms with E-state index in [4.69, 9.17) is 17.0 Å². The third-order valence-electron chi connectivity index (χ3n) is 3.83. The average molecular weight is 410 g/mol. The van der Waals surface area contributed by atoms with Crippen LogP contribution in [0.5, 0.6) is 5.75 Å². The van der Waals surface area contributed by atoms with Gasteiger partial charge in [0.05, 0.1) is 12.7 Å². The zero-order valence-electron chi connectivity index (χ0n) is 14.6. The molecule has 2 aromatic carbocycles. The van der Waals surface area contributed by atoms with Gasteiger partial charge in [-0.1, -0.05) is 35.6 Å². The van der Waals surface area contributed by atoms with Crippen LogP contribution in [0.2, 0.25) is 0 Å². The molecular weight excluding hydrogens is 396 g/mol. The van der Waals surface area contributed by atoms with E-state index in [1.165, 1.54) is 18.4 Å². The first-order chi connectivity index (χ1) is 13.6. The van der Waals surface area contributed by atoms with Gasteiger partial charge in [-0.25, -0.2) is 0 Å². The highest BCUT2D eigenvalue weighted by Gasteiger charge is 2.13. The van der Waals surface area contributed by atoms with Gasteiger partial charge in [0.2, 0.25) is 4.96 Å². The Hall–Kier alpha value is -3.37. The molecule has 28 heavy (non-hydrogen) atoms. The molecule has 0 atom stereocenters. The molecule has 0 aliphatic heterocycles. The fourth-order valence-electron chi connectivity index (χ4n) is 2.57. The van der Waals surface area contributed by atoms with Gasteiger partial charge in [0, 0.05) is 11.3 Å². The monoisotopic (exact) mass is 410 g/mol. The van der Waals surface area contributed by atoms with Gasteiger partial charge >= 0.3 is 0 Å². The van der Waals surface area contributed by atoms with Crippen LogP contribution in [-0.4, -0.2) is 37.9 Å². The summed E-state index contributed by atoms with van der Waals surface area (Å²) in [7, 11) is 1.51. The summed E-state index contributed by atoms with van der Waals surface area (Å²) < 4.78 is 6.83. The molecule has 0 aliphatic rings. The molecule has 0 fully saturated rings. The van der Waals surface area contributed by atoms with Crippen LogP contribution in [0.4, 0.5) is 5.69 Å². The molecule has 0 radical (unpaired) electrons. The van der Waals surface area contributed by atoms with Crippen LogP contribution < -0.4 is 15.4 Å². The number of anilines is 1. The van der Waals surface area contributed by atoms with E-state index in [9.17, 15) is 4.79 Å². The van der Waals surface area contributed by atoms with Gasteiger partial charge < -0.3 is 10.1 Å². The standard InChI is InChI=1S/C18H14N6O2S2/c1-26-14-8-3-2-7-13(14)15(25)21-17(27)20-12-6-4-5-11(9-12)16-23-24-10-19-22-18(24)28-16/h2-10H,1H3,(H2,20,21,25,27). The number of rotatable bonds is 4. The van der Waals surface area contributed by atoms with E-state index in [0.29, 0.717) is 16.3 Å². The van der Waals surface area contributed by atoms with Crippen molar-refractivity contribution in [2.75, 3.05) is 12.4 Å². The van der Waals surface area contributed by atoms with E-state index in [2.05, 4.69) is 25.9 Å². The smallest absolute Gasteiger partial charge is 0.261 e. The topological polar surface area (TPSA) is 93.4 Å². The van der Waals surface area contributed by atoms with Crippen molar-refractivity contribution < 1.29 is 9.53 Å². The van der Waals surface area contributed by atoms with E-state index < -0.39 is 0 Å². The van der Waals surface area contributed by atoms with Crippen molar-refractivity contribution in [1.82, 2.24) is 25.1 Å². The van der Waals surface area contributed by atoms with E-state index >= 15 is 0 Å². The number of nitrogens with one attached hydrogen (secondary N) is 2. The van der Waals surface area contributed by atoms with Gasteiger partial charge in [-0.05, 0) is 36.5 Å². The molecule has 2 N–H and O–H groups in total. The van der Waals surface area contributed by atoms with Gasteiger partial charge in [0.1, 0.15) is 17.1 Å². The van der Waals surface area contributed by atoms with Crippen LogP contribution in [0, 0.1) is 0 Å². The number of amides is 1. The Labute approximate surface area is 169 Å². The minimum atomic E-state index is -0.347. The number of ether oxygens (including phenoxy) is 1. The maximum Gasteiger partial charge on any atom is 0.261 e. The summed E-state index contributed by atoms with van der Waals surface area (Å²) in [5.41, 5.74) is 2.04. The maximum absolute atomic E-state index is 12.4. The fraction of sp³-hybridized carbons (Fsp3) is 0.0556. The van der Waals surface area contributed by atoms with Crippen molar-refractivity contribution in [3.8, 4) is 16.3 Å². The predicted octanol–water partition coefficient (Wildman–Crippen LogP) is 2.99. The Morgan fingerprint density at radius 2 is 2.07 bits per heavy atom. The van der Waals surface area contributed by atoms with Crippen molar-refractivity contribution in [2.24, 2.45) is 0 Å². The molecule has 8 nitrogen and oxygen atoms in total. The normalized spacial score (nSPS) is 10.6. The van der Waals surface area contributed by atoms with Gasteiger partial charge in [-0.15, -0.1) is 10.2 Å². The molecule has 0 saturated heterocycles. The van der Waals surface area contributed by atoms with Crippen LogP contribution in [0.15, 0.2) is 54.9 Å². The summed E-state index contributed by atoms with van der Waals surface area (Å²) in [4.78, 5) is 13.2. The number of hydrogen-bond acceptors (Lipinski definition) is 7. The molecule has 2 aromatic heterocycles. The molecule has 0 saturated carbocycles. The second-order valence-electron chi connectivity index (χ2n) is 5.65. The number of thiocarbonyl (C=S) groups is 1. The van der Waals surface area contributed by atoms with Crippen LogP contribution in [0.3, 0.4) is 0 Å². The maximum atomic E-state index is 12.4. The summed E-state index contributed by atoms with van der Waals surface area (Å²) in [5, 5.41) is 18.9. The number of aromatic nitrogens is 4. The molecule has 10 heteroatoms. The third kappa shape index (κ3) is 3.68. The Kier molecular flexibility index (Phi) is 4.96. The van der Waals surface area contributed by atoms with Gasteiger partial charge in [-0.2, -0.15) is 9.61 Å². The van der Waals surface area contributed by atoms with Crippen molar-refractivity contribution >= 4 is 45.2 Å². The van der Waals surface area contributed by atoms with E-state index in [1.807, 2.05) is 24.3 Å². The highest BCUT2D eigenvalue weighted by atomic mass is 32.1. The van der Waals surface area contributed by atoms with Crippen LogP contribution >= 0.6 is 23.6 Å². The first-order valence-corrected chi connectivity index (χ1v) is 9.39. The van der Waals surface area contributed by atoms with Gasteiger partial charge in [0.25, 0.3) is 5.91 Å². The minimum Gasteiger partial charge on any atom is -0.496 e. The fourth-order valence-corrected chi connectivity index (χ4v) is 3.60. The summed E-state index contributed by atoms with van der Waals surface area (Å²) in [5.74, 6) is 0.132. The van der Waals surface area contributed by atoms with Crippen LogP contribution in [0.1, 0.15) is 10.4 Å². The number of carbonyl (C=O) groups is 1. The Morgan fingerprint density at radius 3 is 2.89 bits per heavy atom. The highest BCUT2D eigenvalue weighted by Crippen LogP contribution is 2.26. The molecule has 0 unspecified atom stereocenters. The quantitative estimate of drug-likeness (QED) is 0.500. The van der Waals surface area contributed by atoms with Crippen LogP contribution in [0.25, 0.3) is 15.5 Å². The second kappa shape index (κ2) is 7.71. The largest absolute Gasteiger partial charge is 0.496 e. The number of para-hydroxylation sites is 1. The predicted molar refractivity (Wildman–Crippen MR) is 111 cm³/mol. The average Bonchev–Trinajstić information content (AvgIpc) is 3.30. The number of fused-ring (bicyclic) bond motifs is 1. The second-order valence-corrected chi connectivity index (χ2v) is 7.02. The Morgan fingerprint density at radius 1 is 1.21 bits per heavy atom. The zero-order chi connectivity index (χ0) is 19.5. The number of carbonyl (C=O) groups excluding carboxylic acids is 1. The number of hydrogen-bond donors (Lipinski definition) is 2. The van der Waals surface area contributed by atoms with Crippen molar-refractivity contribution in [1.29, 1.82) is 0 Å². The van der Waals surface area contributed by atoms with Crippen molar-refractivity contribution in [2.45, 2.75) is 0 Å². The van der Waals surface area contributed by atoms with E-state index in [-0.39, 0.29) is 11.0 Å². The third-order valence-corrected chi connectivity index (χ3v) is 5.00. The Bertz CT molecular complexity index is 1140. The molecule has 140 valence electrons. The molecule has 0 spiro atoms. The van der Waals surface area contributed by atoms with Gasteiger partial charge in [-0.3, -0.25) is 10.1 Å². The minimum absolute atomic E-state index is 0.186. The molecule has 0 aliphatic carbocycles. The van der Waals surface area contributed by atoms with Crippen molar-refractivity contribution in [3.05, 3.63) is 60.4 Å². The SMILES string of the molecule is COc1ccccc1C(=O)NC(=S)Nc1cccc(-c2nn3cnnc3s2)c1. The number of nitrogens with zero attached hydrogens (tertiary/aromatic N) is 4. The molecule has 1 amide bonds. The summed E-state index contributed by atoms with van der Waals surface area (Å²) >= 11 is 6.70. The lowest BCUT2D eigenvalue weighted by Crippen LogP contribution is -2.34.